The minimum atomic E-state index is -0.0131. The molecular weight excluding hydrogens is 378 g/mol. The Morgan fingerprint density at radius 3 is 2.40 bits per heavy atom. The Kier molecular flexibility index (Phi) is 6.62. The third-order valence-electron chi connectivity index (χ3n) is 5.92. The number of rotatable bonds is 5. The molecule has 30 heavy (non-hydrogen) atoms. The van der Waals surface area contributed by atoms with Gasteiger partial charge in [-0.05, 0) is 68.5 Å². The summed E-state index contributed by atoms with van der Waals surface area (Å²) in [6, 6.07) is 12.9. The molecule has 0 spiro atoms. The van der Waals surface area contributed by atoms with Gasteiger partial charge in [0, 0.05) is 43.9 Å². The predicted molar refractivity (Wildman–Crippen MR) is 115 cm³/mol. The molecule has 6 heteroatoms. The molecular formula is C24H29N3O3. The lowest BCUT2D eigenvalue weighted by molar-refractivity contribution is 0.0627. The summed E-state index contributed by atoms with van der Waals surface area (Å²) in [7, 11) is 0. The van der Waals surface area contributed by atoms with E-state index in [9.17, 15) is 9.59 Å². The van der Waals surface area contributed by atoms with Gasteiger partial charge in [0.15, 0.2) is 0 Å². The van der Waals surface area contributed by atoms with Crippen LogP contribution in [-0.2, 0) is 0 Å². The molecule has 4 rings (SSSR count). The summed E-state index contributed by atoms with van der Waals surface area (Å²) in [5.41, 5.74) is 1.21. The first kappa shape index (κ1) is 20.4. The first-order valence-corrected chi connectivity index (χ1v) is 10.9. The molecule has 2 aromatic rings. The summed E-state index contributed by atoms with van der Waals surface area (Å²) in [5, 5.41) is 0. The number of hydrogen-bond acceptors (Lipinski definition) is 4. The number of aromatic nitrogens is 1. The minimum absolute atomic E-state index is 0.0131. The lowest BCUT2D eigenvalue weighted by Crippen LogP contribution is -2.41. The van der Waals surface area contributed by atoms with Gasteiger partial charge in [0.25, 0.3) is 11.8 Å². The highest BCUT2D eigenvalue weighted by atomic mass is 16.5. The molecule has 3 heterocycles. The average molecular weight is 408 g/mol. The van der Waals surface area contributed by atoms with Gasteiger partial charge in [-0.3, -0.25) is 14.6 Å². The van der Waals surface area contributed by atoms with Crippen molar-refractivity contribution in [1.29, 1.82) is 0 Å². The third-order valence-corrected chi connectivity index (χ3v) is 5.92. The summed E-state index contributed by atoms with van der Waals surface area (Å²) in [5.74, 6) is 1.15. The Balaban J connectivity index is 1.29. The summed E-state index contributed by atoms with van der Waals surface area (Å²) in [6.45, 7) is 3.71. The van der Waals surface area contributed by atoms with Crippen LogP contribution in [0.4, 0.5) is 0 Å². The molecule has 0 aliphatic carbocycles. The fourth-order valence-electron chi connectivity index (χ4n) is 4.22. The fourth-order valence-corrected chi connectivity index (χ4v) is 4.22. The highest BCUT2D eigenvalue weighted by molar-refractivity contribution is 5.94. The van der Waals surface area contributed by atoms with E-state index in [2.05, 4.69) is 4.98 Å². The Hall–Kier alpha value is -2.89. The number of nitrogens with zero attached hydrogens (tertiary/aromatic N) is 3. The topological polar surface area (TPSA) is 62.7 Å². The number of carbonyl (C=O) groups excluding carboxylic acids is 2. The third kappa shape index (κ3) is 4.99. The fraction of sp³-hybridized carbons (Fsp3) is 0.458. The van der Waals surface area contributed by atoms with Crippen molar-refractivity contribution in [3.63, 3.8) is 0 Å². The SMILES string of the molecule is O=C(c1ccc(OCC2CCCN(C(=O)c3ccccn3)C2)cc1)N1CCCCC1. The molecule has 2 amide bonds. The van der Waals surface area contributed by atoms with Crippen LogP contribution in [0.2, 0.25) is 0 Å². The van der Waals surface area contributed by atoms with Gasteiger partial charge in [0.1, 0.15) is 11.4 Å². The van der Waals surface area contributed by atoms with Crippen molar-refractivity contribution in [3.8, 4) is 5.75 Å². The van der Waals surface area contributed by atoms with E-state index in [1.165, 1.54) is 6.42 Å². The predicted octanol–water partition coefficient (Wildman–Crippen LogP) is 3.64. The smallest absolute Gasteiger partial charge is 0.272 e. The zero-order valence-corrected chi connectivity index (χ0v) is 17.3. The number of ether oxygens (including phenoxy) is 1. The first-order valence-electron chi connectivity index (χ1n) is 10.9. The summed E-state index contributed by atoms with van der Waals surface area (Å²) < 4.78 is 5.98. The number of likely N-dealkylation sites (tertiary alicyclic amines) is 2. The van der Waals surface area contributed by atoms with Crippen LogP contribution >= 0.6 is 0 Å². The van der Waals surface area contributed by atoms with E-state index in [1.54, 1.807) is 12.3 Å². The van der Waals surface area contributed by atoms with Crippen molar-refractivity contribution in [1.82, 2.24) is 14.8 Å². The molecule has 1 atom stereocenters. The van der Waals surface area contributed by atoms with Crippen LogP contribution in [0, 0.1) is 5.92 Å². The van der Waals surface area contributed by atoms with Crippen LogP contribution in [-0.4, -0.2) is 59.4 Å². The zero-order chi connectivity index (χ0) is 20.8. The molecule has 0 radical (unpaired) electrons. The van der Waals surface area contributed by atoms with E-state index >= 15 is 0 Å². The molecule has 1 unspecified atom stereocenters. The van der Waals surface area contributed by atoms with Crippen molar-refractivity contribution in [2.45, 2.75) is 32.1 Å². The van der Waals surface area contributed by atoms with Crippen molar-refractivity contribution in [2.75, 3.05) is 32.8 Å². The maximum absolute atomic E-state index is 12.6. The summed E-state index contributed by atoms with van der Waals surface area (Å²) in [4.78, 5) is 33.2. The Morgan fingerprint density at radius 2 is 1.67 bits per heavy atom. The van der Waals surface area contributed by atoms with Crippen molar-refractivity contribution < 1.29 is 14.3 Å². The van der Waals surface area contributed by atoms with Crippen LogP contribution in [0.5, 0.6) is 5.75 Å². The molecule has 6 nitrogen and oxygen atoms in total. The van der Waals surface area contributed by atoms with Crippen LogP contribution in [0.1, 0.15) is 53.0 Å². The molecule has 0 N–H and O–H groups in total. The minimum Gasteiger partial charge on any atom is -0.493 e. The largest absolute Gasteiger partial charge is 0.493 e. The molecule has 2 fully saturated rings. The second-order valence-corrected chi connectivity index (χ2v) is 8.16. The zero-order valence-electron chi connectivity index (χ0n) is 17.3. The average Bonchev–Trinajstić information content (AvgIpc) is 2.83. The number of benzene rings is 1. The van der Waals surface area contributed by atoms with E-state index in [-0.39, 0.29) is 11.8 Å². The maximum Gasteiger partial charge on any atom is 0.272 e. The van der Waals surface area contributed by atoms with E-state index in [0.717, 1.165) is 51.1 Å². The van der Waals surface area contributed by atoms with Gasteiger partial charge < -0.3 is 14.5 Å². The molecule has 0 saturated carbocycles. The summed E-state index contributed by atoms with van der Waals surface area (Å²) >= 11 is 0. The number of piperidine rings is 2. The number of hydrogen-bond donors (Lipinski definition) is 0. The second-order valence-electron chi connectivity index (χ2n) is 8.16. The molecule has 2 aliphatic rings. The highest BCUT2D eigenvalue weighted by Gasteiger charge is 2.25. The van der Waals surface area contributed by atoms with Crippen molar-refractivity contribution >= 4 is 11.8 Å². The Labute approximate surface area is 177 Å². The van der Waals surface area contributed by atoms with Gasteiger partial charge in [0.2, 0.25) is 0 Å². The molecule has 1 aromatic heterocycles. The maximum atomic E-state index is 12.6. The second kappa shape index (κ2) is 9.74. The van der Waals surface area contributed by atoms with E-state index in [1.807, 2.05) is 46.2 Å². The summed E-state index contributed by atoms with van der Waals surface area (Å²) in [6.07, 6.45) is 7.05. The van der Waals surface area contributed by atoms with Crippen LogP contribution in [0.3, 0.4) is 0 Å². The van der Waals surface area contributed by atoms with Crippen molar-refractivity contribution in [2.24, 2.45) is 5.92 Å². The molecule has 2 aliphatic heterocycles. The Bertz CT molecular complexity index is 848. The van der Waals surface area contributed by atoms with Crippen LogP contribution in [0.25, 0.3) is 0 Å². The standard InChI is InChI=1S/C24H29N3O3/c28-23(26-14-4-1-5-15-26)20-9-11-21(12-10-20)30-18-19-7-6-16-27(17-19)24(29)22-8-2-3-13-25-22/h2-3,8-13,19H,1,4-7,14-18H2. The highest BCUT2D eigenvalue weighted by Crippen LogP contribution is 2.21. The first-order chi connectivity index (χ1) is 14.7. The molecule has 0 bridgehead atoms. The lowest BCUT2D eigenvalue weighted by Gasteiger charge is -2.32. The number of pyridine rings is 1. The van der Waals surface area contributed by atoms with Crippen molar-refractivity contribution in [3.05, 3.63) is 59.9 Å². The molecule has 2 saturated heterocycles. The van der Waals surface area contributed by atoms with E-state index in [4.69, 9.17) is 4.74 Å². The monoisotopic (exact) mass is 407 g/mol. The Morgan fingerprint density at radius 1 is 0.900 bits per heavy atom. The van der Waals surface area contributed by atoms with Crippen LogP contribution < -0.4 is 4.74 Å². The van der Waals surface area contributed by atoms with Gasteiger partial charge in [-0.2, -0.15) is 0 Å². The number of amides is 2. The molecule has 1 aromatic carbocycles. The normalized spacial score (nSPS) is 19.4. The van der Waals surface area contributed by atoms with Gasteiger partial charge in [-0.15, -0.1) is 0 Å². The quantitative estimate of drug-likeness (QED) is 0.759. The van der Waals surface area contributed by atoms with Gasteiger partial charge >= 0.3 is 0 Å². The van der Waals surface area contributed by atoms with Gasteiger partial charge in [-0.25, -0.2) is 0 Å². The van der Waals surface area contributed by atoms with Gasteiger partial charge in [-0.1, -0.05) is 6.07 Å². The van der Waals surface area contributed by atoms with Gasteiger partial charge in [0.05, 0.1) is 6.61 Å². The van der Waals surface area contributed by atoms with E-state index in [0.29, 0.717) is 30.3 Å². The molecule has 158 valence electrons. The van der Waals surface area contributed by atoms with E-state index < -0.39 is 0 Å². The number of carbonyl (C=O) groups is 2. The van der Waals surface area contributed by atoms with Crippen LogP contribution in [0.15, 0.2) is 48.7 Å². The lowest BCUT2D eigenvalue weighted by atomic mass is 9.98.